The molecule has 1 saturated carbocycles. The monoisotopic (exact) mass is 973 g/mol. The van der Waals surface area contributed by atoms with Gasteiger partial charge in [-0.25, -0.2) is 4.57 Å². The average molecular weight is 973 g/mol. The van der Waals surface area contributed by atoms with Crippen molar-refractivity contribution in [3.8, 4) is 0 Å². The molecule has 0 radical (unpaired) electrons. The summed E-state index contributed by atoms with van der Waals surface area (Å²) in [5.41, 5.74) is 0. The third-order valence-electron chi connectivity index (χ3n) is 11.8. The van der Waals surface area contributed by atoms with Crippen molar-refractivity contribution in [3.63, 3.8) is 0 Å². The number of ether oxygens (including phenoxy) is 2. The van der Waals surface area contributed by atoms with Crippen molar-refractivity contribution in [1.82, 2.24) is 0 Å². The Hall–Kier alpha value is -2.90. The van der Waals surface area contributed by atoms with Crippen molar-refractivity contribution >= 4 is 25.5 Å². The highest BCUT2D eigenvalue weighted by Gasteiger charge is 2.49. The van der Waals surface area contributed by atoms with Crippen LogP contribution in [0.15, 0.2) is 60.8 Å². The first kappa shape index (κ1) is 60.2. The van der Waals surface area contributed by atoms with Gasteiger partial charge in [0.05, 0.1) is 37.1 Å². The lowest BCUT2D eigenvalue weighted by Crippen LogP contribution is -2.56. The number of aliphatic hydroxyl groups excluding tert-OH is 8. The van der Waals surface area contributed by atoms with E-state index in [2.05, 4.69) is 55.5 Å². The van der Waals surface area contributed by atoms with Crippen LogP contribution in [0.2, 0.25) is 0 Å². The molecule has 18 heteroatoms. The highest BCUT2D eigenvalue weighted by atomic mass is 31.2. The second kappa shape index (κ2) is 34.4. The fraction of sp³-hybridized carbons (Fsp3) is 0.735. The second-order valence-electron chi connectivity index (χ2n) is 17.5. The van der Waals surface area contributed by atoms with E-state index in [1.54, 1.807) is 0 Å². The van der Waals surface area contributed by atoms with Gasteiger partial charge in [-0.3, -0.25) is 23.4 Å². The lowest BCUT2D eigenvalue weighted by atomic mass is 9.82. The number of allylic oxidation sites excluding steroid dienone is 8. The van der Waals surface area contributed by atoms with Crippen LogP contribution >= 0.6 is 7.82 Å². The number of hydrogen-bond acceptors (Lipinski definition) is 16. The van der Waals surface area contributed by atoms with E-state index in [0.717, 1.165) is 57.8 Å². The Bertz CT molecular complexity index is 1600. The van der Waals surface area contributed by atoms with Crippen LogP contribution in [-0.2, 0) is 37.5 Å². The van der Waals surface area contributed by atoms with Gasteiger partial charge in [-0.05, 0) is 64.2 Å². The number of rotatable bonds is 21. The Morgan fingerprint density at radius 2 is 1.37 bits per heavy atom. The van der Waals surface area contributed by atoms with Crippen molar-refractivity contribution in [2.75, 3.05) is 13.2 Å². The summed E-state index contributed by atoms with van der Waals surface area (Å²) in [5.74, 6) is -5.07. The number of ketones is 1. The van der Waals surface area contributed by atoms with Gasteiger partial charge in [0.2, 0.25) is 0 Å². The molecule has 1 aliphatic carbocycles. The van der Waals surface area contributed by atoms with E-state index in [9.17, 15) is 64.7 Å². The summed E-state index contributed by atoms with van der Waals surface area (Å²) in [6, 6.07) is 0. The standard InChI is InChI=1S/C49H81O17P/c1-3-5-7-8-9-10-11-12-13-14-15-16-17-18-19-20-22-28-43(55)65-37-33-63-42(54)27-24-23-26-36(51)31-39-41(53)32-40(52)38(30-29-35(50)25-21-6-4-2)44(56)47(59)49(48(60)46(58)45(39)57)66-67(61,62)64-34-37/h5,7,9-10,12-13,15-16,29-30,35,37-41,44-50,52-53,56-60H,3-4,6,8,11,14,17-28,31-34H2,1-2H3,(H,61,62)/b7-5-,10-9-,13-12-,16-15-,30-29-/t35-,37+,38-,39-,40+,41-,44+,45+,46-,47+,48+,49+/m0/s1. The van der Waals surface area contributed by atoms with E-state index in [-0.39, 0.29) is 32.1 Å². The minimum Gasteiger partial charge on any atom is -0.462 e. The van der Waals surface area contributed by atoms with E-state index in [1.807, 2.05) is 6.92 Å². The molecule has 0 amide bonds. The van der Waals surface area contributed by atoms with Gasteiger partial charge in [0, 0.05) is 43.9 Å². The number of carbonyl (C=O) groups excluding carboxylic acids is 3. The Kier molecular flexibility index (Phi) is 30.9. The summed E-state index contributed by atoms with van der Waals surface area (Å²) in [7, 11) is -5.51. The molecule has 2 aliphatic rings. The summed E-state index contributed by atoms with van der Waals surface area (Å²) in [6.45, 7) is 2.57. The Balaban J connectivity index is 2.21. The summed E-state index contributed by atoms with van der Waals surface area (Å²) < 4.78 is 34.6. The topological polar surface area (TPSA) is 287 Å². The molecule has 2 bridgehead atoms. The third-order valence-corrected chi connectivity index (χ3v) is 12.8. The highest BCUT2D eigenvalue weighted by Crippen LogP contribution is 2.47. The Morgan fingerprint density at radius 1 is 0.746 bits per heavy atom. The zero-order valence-electron chi connectivity index (χ0n) is 39.5. The molecule has 1 aliphatic heterocycles. The quantitative estimate of drug-likeness (QED) is 0.0306. The lowest BCUT2D eigenvalue weighted by Gasteiger charge is -2.37. The maximum atomic E-state index is 13.5. The molecule has 384 valence electrons. The van der Waals surface area contributed by atoms with Crippen molar-refractivity contribution < 1.29 is 83.2 Å². The zero-order valence-corrected chi connectivity index (χ0v) is 40.4. The molecule has 0 aromatic carbocycles. The summed E-state index contributed by atoms with van der Waals surface area (Å²) in [6.07, 6.45) is 8.40. The lowest BCUT2D eigenvalue weighted by molar-refractivity contribution is -0.168. The molecule has 0 aromatic heterocycles. The molecule has 17 nitrogen and oxygen atoms in total. The molecule has 13 atom stereocenters. The number of unbranched alkanes of at least 4 members (excludes halogenated alkanes) is 6. The normalized spacial score (nSPS) is 32.2. The van der Waals surface area contributed by atoms with Crippen molar-refractivity contribution in [2.24, 2.45) is 11.8 Å². The second-order valence-corrected chi connectivity index (χ2v) is 19.0. The molecule has 2 fully saturated rings. The summed E-state index contributed by atoms with van der Waals surface area (Å²) in [4.78, 5) is 49.7. The summed E-state index contributed by atoms with van der Waals surface area (Å²) in [5, 5.41) is 90.1. The minimum atomic E-state index is -5.51. The molecule has 67 heavy (non-hydrogen) atoms. The molecule has 1 unspecified atom stereocenters. The first-order chi connectivity index (χ1) is 32.0. The van der Waals surface area contributed by atoms with Crippen LogP contribution < -0.4 is 0 Å². The van der Waals surface area contributed by atoms with Crippen LogP contribution in [0.5, 0.6) is 0 Å². The average Bonchev–Trinajstić information content (AvgIpc) is 3.29. The highest BCUT2D eigenvalue weighted by molar-refractivity contribution is 7.47. The molecule has 0 spiro atoms. The summed E-state index contributed by atoms with van der Waals surface area (Å²) >= 11 is 0. The molecule has 1 heterocycles. The minimum absolute atomic E-state index is 0.0266. The molecule has 0 aromatic rings. The van der Waals surface area contributed by atoms with Gasteiger partial charge in [-0.1, -0.05) is 107 Å². The number of phosphoric acid groups is 1. The first-order valence-corrected chi connectivity index (χ1v) is 25.8. The SMILES string of the molecule is CC/C=C\C/C=C\C/C=C\C/C=C\CCCCCCC(=O)O[C@@H]1COC(=O)CCCCC(=O)C[C@@H]2[C@@H](O)[C@H](O)[C@@H](O)[C@H](OP(=O)(O)OC1)[C@H](O)[C@H](O)[C@@H](/C=C\[C@@H](O)CCCCC)[C@H](O)C[C@@H]2O. The van der Waals surface area contributed by atoms with Gasteiger partial charge in [0.1, 0.15) is 36.8 Å². The smallest absolute Gasteiger partial charge is 0.462 e. The van der Waals surface area contributed by atoms with Crippen LogP contribution in [-0.4, -0.2) is 138 Å². The maximum absolute atomic E-state index is 13.5. The van der Waals surface area contributed by atoms with Crippen LogP contribution in [0.1, 0.15) is 142 Å². The van der Waals surface area contributed by atoms with Crippen LogP contribution in [0.25, 0.3) is 0 Å². The number of phosphoric ester groups is 1. The van der Waals surface area contributed by atoms with Crippen molar-refractivity contribution in [3.05, 3.63) is 60.8 Å². The van der Waals surface area contributed by atoms with Crippen LogP contribution in [0, 0.1) is 11.8 Å². The van der Waals surface area contributed by atoms with Gasteiger partial charge < -0.3 is 55.2 Å². The van der Waals surface area contributed by atoms with Gasteiger partial charge in [-0.15, -0.1) is 0 Å². The number of aliphatic hydroxyl groups is 8. The Labute approximate surface area is 396 Å². The number of esters is 2. The maximum Gasteiger partial charge on any atom is 0.472 e. The Morgan fingerprint density at radius 3 is 2.04 bits per heavy atom. The number of Topliss-reactive ketones (excluding diaryl/α,β-unsaturated/α-hetero) is 1. The van der Waals surface area contributed by atoms with E-state index < -0.39 is 124 Å². The predicted molar refractivity (Wildman–Crippen MR) is 251 cm³/mol. The molecular formula is C49H81O17P. The number of hydrogen-bond donors (Lipinski definition) is 9. The largest absolute Gasteiger partial charge is 0.472 e. The van der Waals surface area contributed by atoms with Crippen molar-refractivity contribution in [1.29, 1.82) is 0 Å². The predicted octanol–water partition coefficient (Wildman–Crippen LogP) is 5.28. The van der Waals surface area contributed by atoms with Gasteiger partial charge >= 0.3 is 19.8 Å². The zero-order chi connectivity index (χ0) is 49.6. The van der Waals surface area contributed by atoms with Gasteiger partial charge in [0.25, 0.3) is 0 Å². The molecule has 1 saturated heterocycles. The van der Waals surface area contributed by atoms with E-state index in [4.69, 9.17) is 18.5 Å². The van der Waals surface area contributed by atoms with Crippen molar-refractivity contribution in [2.45, 2.75) is 203 Å². The van der Waals surface area contributed by atoms with Crippen LogP contribution in [0.4, 0.5) is 0 Å². The fourth-order valence-electron chi connectivity index (χ4n) is 7.81. The number of fused-ring (bicyclic) bond motifs is 4. The van der Waals surface area contributed by atoms with Gasteiger partial charge in [-0.2, -0.15) is 0 Å². The van der Waals surface area contributed by atoms with E-state index in [0.29, 0.717) is 25.7 Å². The third kappa shape index (κ3) is 25.0. The number of cyclic esters (lactones) is 1. The van der Waals surface area contributed by atoms with Gasteiger partial charge in [0.15, 0.2) is 6.10 Å². The van der Waals surface area contributed by atoms with Crippen LogP contribution in [0.3, 0.4) is 0 Å². The molecule has 9 N–H and O–H groups in total. The first-order valence-electron chi connectivity index (χ1n) is 24.3. The van der Waals surface area contributed by atoms with E-state index >= 15 is 0 Å². The molecular weight excluding hydrogens is 891 g/mol. The number of carbonyl (C=O) groups is 3. The molecule has 2 rings (SSSR count). The van der Waals surface area contributed by atoms with E-state index in [1.165, 1.54) is 12.2 Å². The fourth-order valence-corrected chi connectivity index (χ4v) is 8.78.